The first kappa shape index (κ1) is 20.8. The first-order valence-electron chi connectivity index (χ1n) is 10.2. The maximum absolute atomic E-state index is 12.7. The fourth-order valence-corrected chi connectivity index (χ4v) is 4.11. The van der Waals surface area contributed by atoms with Crippen LogP contribution >= 0.6 is 15.9 Å². The summed E-state index contributed by atoms with van der Waals surface area (Å²) in [5.41, 5.74) is 3.25. The van der Waals surface area contributed by atoms with Crippen molar-refractivity contribution in [1.82, 2.24) is 20.4 Å². The van der Waals surface area contributed by atoms with E-state index in [-0.39, 0.29) is 11.8 Å². The fourth-order valence-electron chi connectivity index (χ4n) is 3.71. The van der Waals surface area contributed by atoms with Crippen molar-refractivity contribution in [1.29, 1.82) is 0 Å². The van der Waals surface area contributed by atoms with Gasteiger partial charge in [0, 0.05) is 23.1 Å². The molecule has 1 amide bonds. The van der Waals surface area contributed by atoms with Gasteiger partial charge in [-0.3, -0.25) is 9.69 Å². The van der Waals surface area contributed by atoms with Crippen LogP contribution < -0.4 is 5.32 Å². The molecule has 3 aromatic rings. The van der Waals surface area contributed by atoms with Crippen molar-refractivity contribution in [3.63, 3.8) is 0 Å². The third kappa shape index (κ3) is 5.34. The van der Waals surface area contributed by atoms with Crippen molar-refractivity contribution >= 4 is 21.8 Å². The van der Waals surface area contributed by atoms with Crippen molar-refractivity contribution in [2.45, 2.75) is 32.9 Å². The molecule has 1 unspecified atom stereocenters. The van der Waals surface area contributed by atoms with Crippen LogP contribution in [-0.4, -0.2) is 34.0 Å². The lowest BCUT2D eigenvalue weighted by atomic mass is 9.97. The normalized spacial score (nSPS) is 17.1. The molecule has 0 saturated carbocycles. The van der Waals surface area contributed by atoms with E-state index in [4.69, 9.17) is 4.52 Å². The molecule has 156 valence electrons. The highest BCUT2D eigenvalue weighted by molar-refractivity contribution is 9.10. The molecular weight excluding hydrogens is 444 g/mol. The highest BCUT2D eigenvalue weighted by Crippen LogP contribution is 2.22. The molecule has 1 aromatic heterocycles. The van der Waals surface area contributed by atoms with Crippen LogP contribution in [0, 0.1) is 12.8 Å². The van der Waals surface area contributed by atoms with Gasteiger partial charge >= 0.3 is 0 Å². The maximum Gasteiger partial charge on any atom is 0.241 e. The monoisotopic (exact) mass is 468 g/mol. The molecule has 30 heavy (non-hydrogen) atoms. The number of nitrogens with one attached hydrogen (secondary N) is 1. The number of carbonyl (C=O) groups excluding carboxylic acids is 1. The molecule has 1 aliphatic heterocycles. The lowest BCUT2D eigenvalue weighted by Crippen LogP contribution is -2.42. The number of carbonyl (C=O) groups is 1. The van der Waals surface area contributed by atoms with Gasteiger partial charge in [-0.05, 0) is 44.0 Å². The molecule has 2 aromatic carbocycles. The standard InChI is InChI=1S/C23H25BrN4O2/c1-16-7-9-17(10-8-16)13-25-23(29)19-5-3-11-28(14-19)15-21-26-22(27-30-21)18-4-2-6-20(24)12-18/h2,4,6-10,12,19H,3,5,11,13-15H2,1H3,(H,25,29). The summed E-state index contributed by atoms with van der Waals surface area (Å²) < 4.78 is 6.43. The van der Waals surface area contributed by atoms with Gasteiger partial charge < -0.3 is 9.84 Å². The zero-order valence-corrected chi connectivity index (χ0v) is 18.6. The second kappa shape index (κ2) is 9.53. The van der Waals surface area contributed by atoms with Gasteiger partial charge in [-0.1, -0.05) is 63.0 Å². The predicted octanol–water partition coefficient (Wildman–Crippen LogP) is 4.34. The van der Waals surface area contributed by atoms with E-state index in [0.717, 1.165) is 35.0 Å². The highest BCUT2D eigenvalue weighted by Gasteiger charge is 2.26. The Morgan fingerprint density at radius 2 is 2.10 bits per heavy atom. The van der Waals surface area contributed by atoms with E-state index in [0.29, 0.717) is 31.3 Å². The smallest absolute Gasteiger partial charge is 0.241 e. The molecule has 0 radical (unpaired) electrons. The van der Waals surface area contributed by atoms with Gasteiger partial charge in [0.15, 0.2) is 0 Å². The summed E-state index contributed by atoms with van der Waals surface area (Å²) >= 11 is 3.46. The minimum atomic E-state index is -0.0170. The Kier molecular flexibility index (Phi) is 6.59. The molecule has 1 fully saturated rings. The Bertz CT molecular complexity index is 1000. The molecule has 2 heterocycles. The van der Waals surface area contributed by atoms with Crippen LogP contribution in [0.1, 0.15) is 29.9 Å². The van der Waals surface area contributed by atoms with Gasteiger partial charge in [0.05, 0.1) is 12.5 Å². The zero-order valence-electron chi connectivity index (χ0n) is 17.0. The lowest BCUT2D eigenvalue weighted by Gasteiger charge is -2.30. The summed E-state index contributed by atoms with van der Waals surface area (Å²) in [6.07, 6.45) is 1.89. The van der Waals surface area contributed by atoms with Gasteiger partial charge in [-0.25, -0.2) is 0 Å². The number of piperidine rings is 1. The van der Waals surface area contributed by atoms with Crippen molar-refractivity contribution in [3.05, 3.63) is 70.0 Å². The van der Waals surface area contributed by atoms with Gasteiger partial charge in [0.1, 0.15) is 0 Å². The number of aromatic nitrogens is 2. The molecule has 1 saturated heterocycles. The van der Waals surface area contributed by atoms with Crippen LogP contribution in [0.2, 0.25) is 0 Å². The Balaban J connectivity index is 1.31. The molecular formula is C23H25BrN4O2. The van der Waals surface area contributed by atoms with Crippen molar-refractivity contribution in [2.24, 2.45) is 5.92 Å². The van der Waals surface area contributed by atoms with E-state index in [2.05, 4.69) is 67.5 Å². The predicted molar refractivity (Wildman–Crippen MR) is 118 cm³/mol. The Labute approximate surface area is 184 Å². The number of likely N-dealkylation sites (tertiary alicyclic amines) is 1. The van der Waals surface area contributed by atoms with E-state index in [9.17, 15) is 4.79 Å². The molecule has 1 aliphatic rings. The quantitative estimate of drug-likeness (QED) is 0.582. The average molecular weight is 469 g/mol. The van der Waals surface area contributed by atoms with E-state index >= 15 is 0 Å². The van der Waals surface area contributed by atoms with E-state index in [1.807, 2.05) is 24.3 Å². The van der Waals surface area contributed by atoms with E-state index in [1.165, 1.54) is 5.56 Å². The van der Waals surface area contributed by atoms with E-state index < -0.39 is 0 Å². The largest absolute Gasteiger partial charge is 0.352 e. The summed E-state index contributed by atoms with van der Waals surface area (Å²) in [6, 6.07) is 16.1. The van der Waals surface area contributed by atoms with Crippen LogP contribution in [-0.2, 0) is 17.9 Å². The molecule has 0 spiro atoms. The lowest BCUT2D eigenvalue weighted by molar-refractivity contribution is -0.127. The number of halogens is 1. The summed E-state index contributed by atoms with van der Waals surface area (Å²) in [5, 5.41) is 7.19. The summed E-state index contributed by atoms with van der Waals surface area (Å²) in [6.45, 7) is 4.81. The van der Waals surface area contributed by atoms with Crippen LogP contribution in [0.4, 0.5) is 0 Å². The highest BCUT2D eigenvalue weighted by atomic mass is 79.9. The zero-order chi connectivity index (χ0) is 20.9. The number of rotatable bonds is 6. The summed E-state index contributed by atoms with van der Waals surface area (Å²) in [5.74, 6) is 1.25. The average Bonchev–Trinajstić information content (AvgIpc) is 3.22. The molecule has 1 N–H and O–H groups in total. The van der Waals surface area contributed by atoms with Gasteiger partial charge in [-0.15, -0.1) is 0 Å². The SMILES string of the molecule is Cc1ccc(CNC(=O)C2CCCN(Cc3nc(-c4cccc(Br)c4)no3)C2)cc1. The van der Waals surface area contributed by atoms with Gasteiger partial charge in [0.25, 0.3) is 0 Å². The number of hydrogen-bond acceptors (Lipinski definition) is 5. The number of hydrogen-bond donors (Lipinski definition) is 1. The number of benzene rings is 2. The van der Waals surface area contributed by atoms with E-state index in [1.54, 1.807) is 0 Å². The van der Waals surface area contributed by atoms with Crippen molar-refractivity contribution < 1.29 is 9.32 Å². The minimum absolute atomic E-state index is 0.0170. The number of nitrogens with zero attached hydrogens (tertiary/aromatic N) is 3. The van der Waals surface area contributed by atoms with Gasteiger partial charge in [0.2, 0.25) is 17.6 Å². The second-order valence-corrected chi connectivity index (χ2v) is 8.72. The van der Waals surface area contributed by atoms with Crippen LogP contribution in [0.5, 0.6) is 0 Å². The summed E-state index contributed by atoms with van der Waals surface area (Å²) in [7, 11) is 0. The number of aryl methyl sites for hydroxylation is 1. The molecule has 0 aliphatic carbocycles. The second-order valence-electron chi connectivity index (χ2n) is 7.80. The molecule has 4 rings (SSSR count). The molecule has 7 heteroatoms. The first-order valence-corrected chi connectivity index (χ1v) is 11.0. The Morgan fingerprint density at radius 3 is 2.90 bits per heavy atom. The third-order valence-electron chi connectivity index (χ3n) is 5.37. The topological polar surface area (TPSA) is 71.3 Å². The Hall–Kier alpha value is -2.51. The Morgan fingerprint density at radius 1 is 1.27 bits per heavy atom. The first-order chi connectivity index (χ1) is 14.6. The maximum atomic E-state index is 12.7. The van der Waals surface area contributed by atoms with Crippen LogP contribution in [0.3, 0.4) is 0 Å². The third-order valence-corrected chi connectivity index (χ3v) is 5.87. The summed E-state index contributed by atoms with van der Waals surface area (Å²) in [4.78, 5) is 19.4. The number of amides is 1. The van der Waals surface area contributed by atoms with Crippen molar-refractivity contribution in [2.75, 3.05) is 13.1 Å². The van der Waals surface area contributed by atoms with Crippen molar-refractivity contribution in [3.8, 4) is 11.4 Å². The molecule has 1 atom stereocenters. The van der Waals surface area contributed by atoms with Gasteiger partial charge in [-0.2, -0.15) is 4.98 Å². The molecule has 6 nitrogen and oxygen atoms in total. The van der Waals surface area contributed by atoms with Crippen LogP contribution in [0.15, 0.2) is 57.5 Å². The van der Waals surface area contributed by atoms with Crippen LogP contribution in [0.25, 0.3) is 11.4 Å². The molecule has 0 bridgehead atoms. The fraction of sp³-hybridized carbons (Fsp3) is 0.348. The minimum Gasteiger partial charge on any atom is -0.352 e.